The van der Waals surface area contributed by atoms with E-state index < -0.39 is 0 Å². The first-order valence-electron chi connectivity index (χ1n) is 4.76. The standard InChI is InChI=1S/C9H18N2O/c1-10-4-3-8(5-10)12-9-6-11(2)7-9/h8-9H,3-7H2,1-2H3. The van der Waals surface area contributed by atoms with Crippen molar-refractivity contribution < 1.29 is 4.74 Å². The molecule has 2 heterocycles. The fourth-order valence-corrected chi connectivity index (χ4v) is 2.01. The van der Waals surface area contributed by atoms with Gasteiger partial charge in [-0.15, -0.1) is 0 Å². The molecule has 70 valence electrons. The number of hydrogen-bond donors (Lipinski definition) is 0. The van der Waals surface area contributed by atoms with Gasteiger partial charge in [-0.2, -0.15) is 0 Å². The van der Waals surface area contributed by atoms with Crippen LogP contribution in [0.15, 0.2) is 0 Å². The van der Waals surface area contributed by atoms with Crippen LogP contribution in [-0.4, -0.2) is 62.3 Å². The van der Waals surface area contributed by atoms with Gasteiger partial charge in [-0.25, -0.2) is 0 Å². The van der Waals surface area contributed by atoms with Gasteiger partial charge >= 0.3 is 0 Å². The lowest BCUT2D eigenvalue weighted by Crippen LogP contribution is -2.51. The first-order valence-corrected chi connectivity index (χ1v) is 4.76. The highest BCUT2D eigenvalue weighted by atomic mass is 16.5. The molecule has 0 aliphatic carbocycles. The minimum absolute atomic E-state index is 0.508. The number of likely N-dealkylation sites (N-methyl/N-ethyl adjacent to an activating group) is 2. The molecule has 0 aromatic rings. The first-order chi connectivity index (χ1) is 5.74. The fraction of sp³-hybridized carbons (Fsp3) is 1.00. The van der Waals surface area contributed by atoms with Gasteiger partial charge in [-0.1, -0.05) is 0 Å². The highest BCUT2D eigenvalue weighted by molar-refractivity contribution is 4.81. The van der Waals surface area contributed by atoms with Gasteiger partial charge < -0.3 is 14.5 Å². The Kier molecular flexibility index (Phi) is 2.35. The molecule has 1 unspecified atom stereocenters. The molecule has 2 aliphatic rings. The summed E-state index contributed by atoms with van der Waals surface area (Å²) >= 11 is 0. The average Bonchev–Trinajstić information content (AvgIpc) is 2.33. The maximum absolute atomic E-state index is 5.90. The highest BCUT2D eigenvalue weighted by Crippen LogP contribution is 2.17. The predicted octanol–water partition coefficient (Wildman–Crippen LogP) is 0.0211. The second-order valence-corrected chi connectivity index (χ2v) is 4.15. The smallest absolute Gasteiger partial charge is 0.0832 e. The van der Waals surface area contributed by atoms with E-state index in [9.17, 15) is 0 Å². The summed E-state index contributed by atoms with van der Waals surface area (Å²) in [6.45, 7) is 4.58. The van der Waals surface area contributed by atoms with Gasteiger partial charge in [0.05, 0.1) is 12.2 Å². The second kappa shape index (κ2) is 3.32. The molecule has 2 saturated heterocycles. The van der Waals surface area contributed by atoms with Gasteiger partial charge in [0, 0.05) is 26.2 Å². The molecule has 0 bridgehead atoms. The van der Waals surface area contributed by atoms with Crippen LogP contribution in [0.1, 0.15) is 6.42 Å². The van der Waals surface area contributed by atoms with Crippen LogP contribution in [0.25, 0.3) is 0 Å². The van der Waals surface area contributed by atoms with Gasteiger partial charge in [0.1, 0.15) is 0 Å². The van der Waals surface area contributed by atoms with Gasteiger partial charge in [-0.3, -0.25) is 0 Å². The Labute approximate surface area is 74.3 Å². The molecule has 0 aromatic carbocycles. The lowest BCUT2D eigenvalue weighted by molar-refractivity contribution is -0.0788. The van der Waals surface area contributed by atoms with Gasteiger partial charge in [-0.05, 0) is 20.5 Å². The van der Waals surface area contributed by atoms with E-state index in [1.54, 1.807) is 0 Å². The molecule has 3 heteroatoms. The summed E-state index contributed by atoms with van der Waals surface area (Å²) in [6.07, 6.45) is 2.25. The van der Waals surface area contributed by atoms with Crippen molar-refractivity contribution in [1.82, 2.24) is 9.80 Å². The SMILES string of the molecule is CN1CCC(OC2CN(C)C2)C1. The number of rotatable bonds is 2. The zero-order valence-corrected chi connectivity index (χ0v) is 7.99. The van der Waals surface area contributed by atoms with Crippen molar-refractivity contribution in [3.8, 4) is 0 Å². The highest BCUT2D eigenvalue weighted by Gasteiger charge is 2.29. The lowest BCUT2D eigenvalue weighted by atomic mass is 10.2. The number of nitrogens with zero attached hydrogens (tertiary/aromatic N) is 2. The molecule has 1 atom stereocenters. The van der Waals surface area contributed by atoms with Crippen LogP contribution in [0, 0.1) is 0 Å². The third kappa shape index (κ3) is 1.79. The van der Waals surface area contributed by atoms with Crippen LogP contribution in [0.3, 0.4) is 0 Å². The van der Waals surface area contributed by atoms with E-state index in [4.69, 9.17) is 4.74 Å². The van der Waals surface area contributed by atoms with E-state index in [-0.39, 0.29) is 0 Å². The average molecular weight is 170 g/mol. The number of ether oxygens (including phenoxy) is 1. The van der Waals surface area contributed by atoms with Crippen molar-refractivity contribution in [2.75, 3.05) is 40.3 Å². The number of hydrogen-bond acceptors (Lipinski definition) is 3. The summed E-state index contributed by atoms with van der Waals surface area (Å²) in [5.74, 6) is 0. The van der Waals surface area contributed by atoms with Gasteiger partial charge in [0.2, 0.25) is 0 Å². The topological polar surface area (TPSA) is 15.7 Å². The summed E-state index contributed by atoms with van der Waals surface area (Å²) in [7, 11) is 4.30. The zero-order chi connectivity index (χ0) is 8.55. The summed E-state index contributed by atoms with van der Waals surface area (Å²) in [4.78, 5) is 4.64. The molecule has 2 aliphatic heterocycles. The fourth-order valence-electron chi connectivity index (χ4n) is 2.01. The Morgan fingerprint density at radius 2 is 1.67 bits per heavy atom. The molecular weight excluding hydrogens is 152 g/mol. The molecule has 0 saturated carbocycles. The molecule has 0 N–H and O–H groups in total. The van der Waals surface area contributed by atoms with Crippen molar-refractivity contribution in [1.29, 1.82) is 0 Å². The second-order valence-electron chi connectivity index (χ2n) is 4.15. The molecule has 0 aromatic heterocycles. The van der Waals surface area contributed by atoms with Gasteiger partial charge in [0.15, 0.2) is 0 Å². The molecule has 2 rings (SSSR count). The zero-order valence-electron chi connectivity index (χ0n) is 7.99. The summed E-state index contributed by atoms with van der Waals surface area (Å²) in [6, 6.07) is 0. The predicted molar refractivity (Wildman–Crippen MR) is 48.3 cm³/mol. The molecule has 12 heavy (non-hydrogen) atoms. The van der Waals surface area contributed by atoms with Crippen LogP contribution in [0.4, 0.5) is 0 Å². The van der Waals surface area contributed by atoms with Crippen LogP contribution in [0.5, 0.6) is 0 Å². The summed E-state index contributed by atoms with van der Waals surface area (Å²) < 4.78 is 5.90. The van der Waals surface area contributed by atoms with Crippen LogP contribution in [-0.2, 0) is 4.74 Å². The van der Waals surface area contributed by atoms with Gasteiger partial charge in [0.25, 0.3) is 0 Å². The van der Waals surface area contributed by atoms with Crippen LogP contribution >= 0.6 is 0 Å². The molecule has 0 spiro atoms. The van der Waals surface area contributed by atoms with E-state index in [1.807, 2.05) is 0 Å². The normalized spacial score (nSPS) is 34.0. The van der Waals surface area contributed by atoms with Crippen molar-refractivity contribution in [3.63, 3.8) is 0 Å². The Morgan fingerprint density at radius 3 is 2.17 bits per heavy atom. The van der Waals surface area contributed by atoms with E-state index in [2.05, 4.69) is 23.9 Å². The van der Waals surface area contributed by atoms with Crippen molar-refractivity contribution in [2.24, 2.45) is 0 Å². The van der Waals surface area contributed by atoms with E-state index in [0.717, 1.165) is 19.6 Å². The van der Waals surface area contributed by atoms with Crippen LogP contribution < -0.4 is 0 Å². The molecule has 2 fully saturated rings. The third-order valence-electron chi connectivity index (χ3n) is 2.76. The minimum Gasteiger partial charge on any atom is -0.371 e. The molecule has 0 amide bonds. The summed E-state index contributed by atoms with van der Waals surface area (Å²) in [5, 5.41) is 0. The van der Waals surface area contributed by atoms with E-state index in [0.29, 0.717) is 12.2 Å². The largest absolute Gasteiger partial charge is 0.371 e. The van der Waals surface area contributed by atoms with E-state index in [1.165, 1.54) is 13.0 Å². The lowest BCUT2D eigenvalue weighted by Gasteiger charge is -2.37. The third-order valence-corrected chi connectivity index (χ3v) is 2.76. The maximum Gasteiger partial charge on any atom is 0.0832 e. The number of likely N-dealkylation sites (tertiary alicyclic amines) is 2. The Bertz CT molecular complexity index is 157. The Balaban J connectivity index is 1.67. The molecule has 0 radical (unpaired) electrons. The molecular formula is C9H18N2O. The van der Waals surface area contributed by atoms with Crippen LogP contribution in [0.2, 0.25) is 0 Å². The molecule has 3 nitrogen and oxygen atoms in total. The van der Waals surface area contributed by atoms with Crippen molar-refractivity contribution >= 4 is 0 Å². The van der Waals surface area contributed by atoms with Crippen molar-refractivity contribution in [2.45, 2.75) is 18.6 Å². The Morgan fingerprint density at radius 1 is 1.00 bits per heavy atom. The quantitative estimate of drug-likeness (QED) is 0.581. The first kappa shape index (κ1) is 8.48. The minimum atomic E-state index is 0.508. The monoisotopic (exact) mass is 170 g/mol. The Hall–Kier alpha value is -0.120. The van der Waals surface area contributed by atoms with E-state index >= 15 is 0 Å². The van der Waals surface area contributed by atoms with Crippen molar-refractivity contribution in [3.05, 3.63) is 0 Å². The summed E-state index contributed by atoms with van der Waals surface area (Å²) in [5.41, 5.74) is 0. The maximum atomic E-state index is 5.90.